The Morgan fingerprint density at radius 3 is 2.69 bits per heavy atom. The van der Waals surface area contributed by atoms with Crippen LogP contribution in [0.15, 0.2) is 78.0 Å². The van der Waals surface area contributed by atoms with Gasteiger partial charge in [0.25, 0.3) is 0 Å². The number of nitrogens with two attached hydrogens (primary N) is 1. The van der Waals surface area contributed by atoms with Crippen LogP contribution in [0.3, 0.4) is 0 Å². The number of fused-ring (bicyclic) bond motifs is 3. The van der Waals surface area contributed by atoms with Crippen LogP contribution in [0.2, 0.25) is 0 Å². The third-order valence-corrected chi connectivity index (χ3v) is 5.75. The van der Waals surface area contributed by atoms with Gasteiger partial charge in [-0.15, -0.1) is 0 Å². The van der Waals surface area contributed by atoms with Gasteiger partial charge in [0.15, 0.2) is 0 Å². The Labute approximate surface area is 155 Å². The number of nitrogens with one attached hydrogen (secondary N) is 1. The lowest BCUT2D eigenvalue weighted by Gasteiger charge is -2.24. The Morgan fingerprint density at radius 2 is 1.88 bits per heavy atom. The first-order chi connectivity index (χ1) is 12.5. The van der Waals surface area contributed by atoms with E-state index >= 15 is 0 Å². The predicted molar refractivity (Wildman–Crippen MR) is 110 cm³/mol. The highest BCUT2D eigenvalue weighted by Crippen LogP contribution is 2.49. The Morgan fingerprint density at radius 1 is 1.12 bits per heavy atom. The Bertz CT molecular complexity index is 973. The van der Waals surface area contributed by atoms with Crippen LogP contribution in [0.1, 0.15) is 42.9 Å². The van der Waals surface area contributed by atoms with Gasteiger partial charge >= 0.3 is 0 Å². The highest BCUT2D eigenvalue weighted by Gasteiger charge is 2.35. The summed E-state index contributed by atoms with van der Waals surface area (Å²) < 4.78 is 0. The molecule has 2 aliphatic rings. The molecule has 1 unspecified atom stereocenters. The van der Waals surface area contributed by atoms with Crippen molar-refractivity contribution in [3.63, 3.8) is 0 Å². The molecule has 2 aliphatic carbocycles. The van der Waals surface area contributed by atoms with Crippen molar-refractivity contribution in [3.8, 4) is 11.1 Å². The molecule has 2 aromatic carbocycles. The summed E-state index contributed by atoms with van der Waals surface area (Å²) in [5, 5.41) is 7.23. The van der Waals surface area contributed by atoms with Crippen LogP contribution in [-0.4, -0.2) is 6.21 Å². The lowest BCUT2D eigenvalue weighted by atomic mass is 9.80. The Balaban J connectivity index is 1.71. The number of allylic oxidation sites excluding steroid dienone is 5. The molecule has 0 aliphatic heterocycles. The quantitative estimate of drug-likeness (QED) is 0.717. The molecule has 0 saturated heterocycles. The number of benzene rings is 2. The van der Waals surface area contributed by atoms with E-state index in [9.17, 15) is 0 Å². The molecular weight excluding hydrogens is 316 g/mol. The van der Waals surface area contributed by atoms with Gasteiger partial charge in [0.1, 0.15) is 0 Å². The molecular formula is C24H24N2. The first-order valence-corrected chi connectivity index (χ1v) is 9.10. The molecule has 26 heavy (non-hydrogen) atoms. The molecule has 0 heterocycles. The molecule has 2 nitrogen and oxygen atoms in total. The molecule has 0 amide bonds. The lowest BCUT2D eigenvalue weighted by molar-refractivity contribution is 0.657. The molecule has 0 fully saturated rings. The van der Waals surface area contributed by atoms with Crippen molar-refractivity contribution in [1.29, 1.82) is 5.41 Å². The van der Waals surface area contributed by atoms with E-state index in [1.54, 1.807) is 6.08 Å². The second-order valence-corrected chi connectivity index (χ2v) is 7.65. The molecule has 0 radical (unpaired) electrons. The molecule has 0 saturated carbocycles. The summed E-state index contributed by atoms with van der Waals surface area (Å²) in [6, 6.07) is 15.6. The van der Waals surface area contributed by atoms with Crippen LogP contribution in [0.25, 0.3) is 11.1 Å². The fourth-order valence-electron chi connectivity index (χ4n) is 4.27. The van der Waals surface area contributed by atoms with Crippen LogP contribution in [0.4, 0.5) is 0 Å². The normalized spacial score (nSPS) is 20.3. The van der Waals surface area contributed by atoms with Crippen molar-refractivity contribution >= 4 is 6.21 Å². The van der Waals surface area contributed by atoms with Crippen LogP contribution in [0.5, 0.6) is 0 Å². The van der Waals surface area contributed by atoms with Gasteiger partial charge in [-0.05, 0) is 45.9 Å². The number of hydrogen-bond donors (Lipinski definition) is 2. The van der Waals surface area contributed by atoms with Crippen molar-refractivity contribution in [2.45, 2.75) is 31.6 Å². The molecule has 2 aromatic rings. The second-order valence-electron chi connectivity index (χ2n) is 7.65. The summed E-state index contributed by atoms with van der Waals surface area (Å²) in [5.41, 5.74) is 14.8. The van der Waals surface area contributed by atoms with Gasteiger partial charge in [-0.3, -0.25) is 0 Å². The summed E-state index contributed by atoms with van der Waals surface area (Å²) in [4.78, 5) is 0. The van der Waals surface area contributed by atoms with Crippen molar-refractivity contribution in [3.05, 3.63) is 94.7 Å². The topological polar surface area (TPSA) is 49.9 Å². The van der Waals surface area contributed by atoms with Gasteiger partial charge in [-0.2, -0.15) is 0 Å². The Kier molecular flexibility index (Phi) is 3.91. The number of hydrogen-bond acceptors (Lipinski definition) is 2. The molecule has 0 spiro atoms. The summed E-state index contributed by atoms with van der Waals surface area (Å²) in [6.45, 7) is 4.63. The minimum atomic E-state index is 0.0259. The first-order valence-electron chi connectivity index (χ1n) is 9.10. The van der Waals surface area contributed by atoms with Gasteiger partial charge < -0.3 is 11.1 Å². The molecule has 2 heteroatoms. The van der Waals surface area contributed by atoms with Gasteiger partial charge in [0.05, 0.1) is 0 Å². The SMILES string of the molecule is CC1(C)c2ccccc2-c2ccc(C3C=CC=C(/C(N)=C/C=N)C3)cc21. The van der Waals surface area contributed by atoms with E-state index in [4.69, 9.17) is 11.1 Å². The van der Waals surface area contributed by atoms with Gasteiger partial charge in [0.2, 0.25) is 0 Å². The van der Waals surface area contributed by atoms with E-state index < -0.39 is 0 Å². The van der Waals surface area contributed by atoms with E-state index in [2.05, 4.69) is 74.5 Å². The van der Waals surface area contributed by atoms with Crippen molar-refractivity contribution in [2.75, 3.05) is 0 Å². The average Bonchev–Trinajstić information content (AvgIpc) is 2.90. The zero-order valence-electron chi connectivity index (χ0n) is 15.3. The van der Waals surface area contributed by atoms with Gasteiger partial charge in [-0.25, -0.2) is 0 Å². The van der Waals surface area contributed by atoms with Crippen LogP contribution >= 0.6 is 0 Å². The van der Waals surface area contributed by atoms with Crippen molar-refractivity contribution in [1.82, 2.24) is 0 Å². The van der Waals surface area contributed by atoms with E-state index in [1.165, 1.54) is 34.0 Å². The van der Waals surface area contributed by atoms with Gasteiger partial charge in [0, 0.05) is 23.2 Å². The number of rotatable bonds is 3. The van der Waals surface area contributed by atoms with E-state index in [0.717, 1.165) is 12.0 Å². The third kappa shape index (κ3) is 2.53. The van der Waals surface area contributed by atoms with Crippen LogP contribution in [-0.2, 0) is 5.41 Å². The average molecular weight is 340 g/mol. The maximum Gasteiger partial charge on any atom is 0.0362 e. The fourth-order valence-corrected chi connectivity index (χ4v) is 4.27. The minimum absolute atomic E-state index is 0.0259. The summed E-state index contributed by atoms with van der Waals surface area (Å²) in [6.07, 6.45) is 10.2. The highest BCUT2D eigenvalue weighted by molar-refractivity contribution is 5.81. The summed E-state index contributed by atoms with van der Waals surface area (Å²) in [7, 11) is 0. The van der Waals surface area contributed by atoms with E-state index in [0.29, 0.717) is 11.6 Å². The minimum Gasteiger partial charge on any atom is -0.398 e. The van der Waals surface area contributed by atoms with E-state index in [-0.39, 0.29) is 5.41 Å². The maximum atomic E-state index is 7.23. The van der Waals surface area contributed by atoms with Crippen molar-refractivity contribution in [2.24, 2.45) is 5.73 Å². The van der Waals surface area contributed by atoms with Crippen LogP contribution < -0.4 is 5.73 Å². The predicted octanol–water partition coefficient (Wildman–Crippen LogP) is 5.45. The fraction of sp³-hybridized carbons (Fsp3) is 0.208. The molecule has 3 N–H and O–H groups in total. The smallest absolute Gasteiger partial charge is 0.0362 e. The molecule has 130 valence electrons. The zero-order valence-corrected chi connectivity index (χ0v) is 15.3. The third-order valence-electron chi connectivity index (χ3n) is 5.75. The largest absolute Gasteiger partial charge is 0.398 e. The molecule has 0 bridgehead atoms. The Hall–Kier alpha value is -2.87. The molecule has 0 aromatic heterocycles. The van der Waals surface area contributed by atoms with Crippen LogP contribution in [0, 0.1) is 5.41 Å². The summed E-state index contributed by atoms with van der Waals surface area (Å²) >= 11 is 0. The maximum absolute atomic E-state index is 7.23. The summed E-state index contributed by atoms with van der Waals surface area (Å²) in [5.74, 6) is 0.317. The standard InChI is InChI=1S/C24H24N2/c1-24(2)21-9-4-3-8-19(21)20-11-10-17(15-22(20)24)16-6-5-7-18(14-16)23(26)12-13-25/h3-13,15-16,25H,14,26H2,1-2H3/b23-12-,25-13?. The second kappa shape index (κ2) is 6.14. The highest BCUT2D eigenvalue weighted by atomic mass is 14.6. The van der Waals surface area contributed by atoms with Crippen molar-refractivity contribution < 1.29 is 0 Å². The lowest BCUT2D eigenvalue weighted by Crippen LogP contribution is -2.15. The monoisotopic (exact) mass is 340 g/mol. The van der Waals surface area contributed by atoms with E-state index in [1.807, 2.05) is 0 Å². The molecule has 1 atom stereocenters. The molecule has 4 rings (SSSR count). The zero-order chi connectivity index (χ0) is 18.3. The first kappa shape index (κ1) is 16.6. The van der Waals surface area contributed by atoms with Gasteiger partial charge in [-0.1, -0.05) is 74.5 Å².